The third-order valence-corrected chi connectivity index (χ3v) is 3.02. The van der Waals surface area contributed by atoms with Crippen molar-refractivity contribution in [3.63, 3.8) is 0 Å². The molecule has 0 bridgehead atoms. The Labute approximate surface area is 113 Å². The second kappa shape index (κ2) is 5.18. The fourth-order valence-corrected chi connectivity index (χ4v) is 1.94. The van der Waals surface area contributed by atoms with E-state index in [4.69, 9.17) is 5.73 Å². The predicted octanol–water partition coefficient (Wildman–Crippen LogP) is 3.37. The van der Waals surface area contributed by atoms with Gasteiger partial charge < -0.3 is 11.1 Å². The van der Waals surface area contributed by atoms with E-state index < -0.39 is 0 Å². The average Bonchev–Trinajstić information content (AvgIpc) is 2.33. The molecule has 0 saturated heterocycles. The molecule has 5 heteroatoms. The number of nitrogens with two attached hydrogens (primary N) is 1. The van der Waals surface area contributed by atoms with Crippen LogP contribution in [0.4, 0.5) is 17.2 Å². The maximum absolute atomic E-state index is 11.2. The maximum Gasteiger partial charge on any atom is 0.159 e. The molecule has 4 nitrogen and oxygen atoms in total. The minimum Gasteiger partial charge on any atom is -0.397 e. The van der Waals surface area contributed by atoms with Crippen molar-refractivity contribution in [2.75, 3.05) is 11.1 Å². The monoisotopic (exact) mass is 305 g/mol. The summed E-state index contributed by atoms with van der Waals surface area (Å²) >= 11 is 3.38. The quantitative estimate of drug-likeness (QED) is 0.853. The van der Waals surface area contributed by atoms with Crippen LogP contribution in [0.15, 0.2) is 41.0 Å². The number of carbonyl (C=O) groups is 1. The van der Waals surface area contributed by atoms with Gasteiger partial charge in [0.2, 0.25) is 0 Å². The third kappa shape index (κ3) is 2.87. The molecule has 92 valence electrons. The Morgan fingerprint density at radius 2 is 2.00 bits per heavy atom. The molecule has 0 radical (unpaired) electrons. The summed E-state index contributed by atoms with van der Waals surface area (Å²) in [7, 11) is 0. The number of ketones is 1. The van der Waals surface area contributed by atoms with E-state index in [1.165, 1.54) is 0 Å². The largest absolute Gasteiger partial charge is 0.397 e. The molecule has 0 unspecified atom stereocenters. The van der Waals surface area contributed by atoms with E-state index in [0.29, 0.717) is 17.1 Å². The number of hydrogen-bond acceptors (Lipinski definition) is 4. The Bertz CT molecular complexity index is 581. The molecule has 0 aliphatic heterocycles. The highest BCUT2D eigenvalue weighted by atomic mass is 79.9. The molecule has 0 aliphatic rings. The molecule has 2 rings (SSSR count). The van der Waals surface area contributed by atoms with Crippen molar-refractivity contribution in [2.24, 2.45) is 0 Å². The SMILES string of the molecule is CC(=O)c1ccc(Nc2ncc(N)cc2Br)cc1. The van der Waals surface area contributed by atoms with Crippen LogP contribution in [0.1, 0.15) is 17.3 Å². The molecule has 3 N–H and O–H groups in total. The van der Waals surface area contributed by atoms with Gasteiger partial charge in [-0.15, -0.1) is 0 Å². The van der Waals surface area contributed by atoms with Gasteiger partial charge in [-0.2, -0.15) is 0 Å². The van der Waals surface area contributed by atoms with E-state index in [-0.39, 0.29) is 5.78 Å². The first-order valence-corrected chi connectivity index (χ1v) is 6.14. The molecule has 0 aliphatic carbocycles. The van der Waals surface area contributed by atoms with Crippen LogP contribution in [-0.2, 0) is 0 Å². The van der Waals surface area contributed by atoms with Crippen LogP contribution in [0.25, 0.3) is 0 Å². The van der Waals surface area contributed by atoms with Gasteiger partial charge >= 0.3 is 0 Å². The van der Waals surface area contributed by atoms with E-state index in [0.717, 1.165) is 10.2 Å². The number of aromatic nitrogens is 1. The zero-order valence-electron chi connectivity index (χ0n) is 9.77. The van der Waals surface area contributed by atoms with Gasteiger partial charge in [0.1, 0.15) is 5.82 Å². The van der Waals surface area contributed by atoms with Crippen LogP contribution >= 0.6 is 15.9 Å². The van der Waals surface area contributed by atoms with E-state index in [2.05, 4.69) is 26.2 Å². The van der Waals surface area contributed by atoms with Crippen LogP contribution in [0.3, 0.4) is 0 Å². The lowest BCUT2D eigenvalue weighted by Gasteiger charge is -2.08. The van der Waals surface area contributed by atoms with Crippen LogP contribution in [0.2, 0.25) is 0 Å². The number of Topliss-reactive ketones (excluding diaryl/α,β-unsaturated/α-hetero) is 1. The van der Waals surface area contributed by atoms with E-state index in [1.807, 2.05) is 12.1 Å². The molecule has 1 aromatic heterocycles. The van der Waals surface area contributed by atoms with Gasteiger partial charge in [-0.3, -0.25) is 4.79 Å². The van der Waals surface area contributed by atoms with Gasteiger partial charge in [0.05, 0.1) is 16.4 Å². The molecule has 0 amide bonds. The van der Waals surface area contributed by atoms with Crippen molar-refractivity contribution < 1.29 is 4.79 Å². The number of carbonyl (C=O) groups excluding carboxylic acids is 1. The van der Waals surface area contributed by atoms with Gasteiger partial charge in [0, 0.05) is 11.3 Å². The fraction of sp³-hybridized carbons (Fsp3) is 0.0769. The summed E-state index contributed by atoms with van der Waals surface area (Å²) in [4.78, 5) is 15.3. The number of rotatable bonds is 3. The van der Waals surface area contributed by atoms with E-state index in [1.54, 1.807) is 31.3 Å². The standard InChI is InChI=1S/C13H12BrN3O/c1-8(18)9-2-4-11(5-3-9)17-13-12(14)6-10(15)7-16-13/h2-7H,15H2,1H3,(H,16,17). The molecule has 0 saturated carbocycles. The Morgan fingerprint density at radius 3 is 2.56 bits per heavy atom. The number of nitrogens with zero attached hydrogens (tertiary/aromatic N) is 1. The van der Waals surface area contributed by atoms with Crippen molar-refractivity contribution in [3.8, 4) is 0 Å². The van der Waals surface area contributed by atoms with Crippen LogP contribution in [-0.4, -0.2) is 10.8 Å². The Balaban J connectivity index is 2.21. The average molecular weight is 306 g/mol. The highest BCUT2D eigenvalue weighted by Gasteiger charge is 2.03. The van der Waals surface area contributed by atoms with Gasteiger partial charge in [0.25, 0.3) is 0 Å². The molecule has 1 aromatic carbocycles. The zero-order chi connectivity index (χ0) is 13.1. The summed E-state index contributed by atoms with van der Waals surface area (Å²) < 4.78 is 0.790. The number of anilines is 3. The third-order valence-electron chi connectivity index (χ3n) is 2.42. The summed E-state index contributed by atoms with van der Waals surface area (Å²) in [5.41, 5.74) is 7.76. The summed E-state index contributed by atoms with van der Waals surface area (Å²) in [6, 6.07) is 8.99. The van der Waals surface area contributed by atoms with Crippen LogP contribution in [0.5, 0.6) is 0 Å². The molecule has 1 heterocycles. The first-order chi connectivity index (χ1) is 8.56. The highest BCUT2D eigenvalue weighted by Crippen LogP contribution is 2.25. The number of nitrogens with one attached hydrogen (secondary N) is 1. The minimum atomic E-state index is 0.0494. The zero-order valence-corrected chi connectivity index (χ0v) is 11.4. The first kappa shape index (κ1) is 12.6. The first-order valence-electron chi connectivity index (χ1n) is 5.35. The van der Waals surface area contributed by atoms with Crippen molar-refractivity contribution in [1.29, 1.82) is 0 Å². The van der Waals surface area contributed by atoms with E-state index >= 15 is 0 Å². The van der Waals surface area contributed by atoms with Crippen molar-refractivity contribution in [2.45, 2.75) is 6.92 Å². The lowest BCUT2D eigenvalue weighted by molar-refractivity contribution is 0.101. The Hall–Kier alpha value is -1.88. The maximum atomic E-state index is 11.2. The topological polar surface area (TPSA) is 68.0 Å². The number of halogens is 1. The summed E-state index contributed by atoms with van der Waals surface area (Å²) in [6.45, 7) is 1.54. The number of benzene rings is 1. The molecule has 2 aromatic rings. The van der Waals surface area contributed by atoms with Crippen LogP contribution in [0, 0.1) is 0 Å². The molecular weight excluding hydrogens is 294 g/mol. The van der Waals surface area contributed by atoms with Gasteiger partial charge in [-0.05, 0) is 53.2 Å². The van der Waals surface area contributed by atoms with Crippen molar-refractivity contribution in [3.05, 3.63) is 46.6 Å². The normalized spacial score (nSPS) is 10.1. The summed E-state index contributed by atoms with van der Waals surface area (Å²) in [5.74, 6) is 0.730. The Kier molecular flexibility index (Phi) is 3.62. The second-order valence-electron chi connectivity index (χ2n) is 3.86. The second-order valence-corrected chi connectivity index (χ2v) is 4.71. The minimum absolute atomic E-state index is 0.0494. The molecule has 0 fully saturated rings. The number of nitrogen functional groups attached to an aromatic ring is 1. The van der Waals surface area contributed by atoms with Gasteiger partial charge in [-0.1, -0.05) is 0 Å². The number of pyridine rings is 1. The summed E-state index contributed by atoms with van der Waals surface area (Å²) in [5, 5.41) is 3.14. The molecule has 0 atom stereocenters. The van der Waals surface area contributed by atoms with Gasteiger partial charge in [-0.25, -0.2) is 4.98 Å². The highest BCUT2D eigenvalue weighted by molar-refractivity contribution is 9.10. The van der Waals surface area contributed by atoms with Crippen molar-refractivity contribution >= 4 is 38.9 Å². The van der Waals surface area contributed by atoms with Gasteiger partial charge in [0.15, 0.2) is 5.78 Å². The predicted molar refractivity (Wildman–Crippen MR) is 76.1 cm³/mol. The fourth-order valence-electron chi connectivity index (χ4n) is 1.47. The van der Waals surface area contributed by atoms with Crippen LogP contribution < -0.4 is 11.1 Å². The lowest BCUT2D eigenvalue weighted by Crippen LogP contribution is -1.97. The van der Waals surface area contributed by atoms with E-state index in [9.17, 15) is 4.79 Å². The molecule has 18 heavy (non-hydrogen) atoms. The smallest absolute Gasteiger partial charge is 0.159 e. The summed E-state index contributed by atoms with van der Waals surface area (Å²) in [6.07, 6.45) is 1.58. The molecule has 0 spiro atoms. The Morgan fingerprint density at radius 1 is 1.33 bits per heavy atom. The van der Waals surface area contributed by atoms with Crippen molar-refractivity contribution in [1.82, 2.24) is 4.98 Å². The number of hydrogen-bond donors (Lipinski definition) is 2. The molecular formula is C13H12BrN3O. The lowest BCUT2D eigenvalue weighted by atomic mass is 10.1.